The van der Waals surface area contributed by atoms with Crippen molar-refractivity contribution in [2.24, 2.45) is 5.92 Å². The number of rotatable bonds is 8. The fourth-order valence-electron chi connectivity index (χ4n) is 3.38. The van der Waals surface area contributed by atoms with Crippen LogP contribution >= 0.6 is 11.3 Å². The molecule has 3 heterocycles. The van der Waals surface area contributed by atoms with Gasteiger partial charge in [0.1, 0.15) is 0 Å². The van der Waals surface area contributed by atoms with Crippen LogP contribution in [0.5, 0.6) is 0 Å². The molecule has 2 aromatic rings. The fourth-order valence-corrected chi connectivity index (χ4v) is 4.42. The number of aryl methyl sites for hydroxylation is 2. The van der Waals surface area contributed by atoms with Crippen LogP contribution in [0.25, 0.3) is 0 Å². The van der Waals surface area contributed by atoms with E-state index < -0.39 is 0 Å². The first-order valence-electron chi connectivity index (χ1n) is 10.4. The number of hydrogen-bond donors (Lipinski definition) is 2. The van der Waals surface area contributed by atoms with E-state index in [2.05, 4.69) is 39.4 Å². The van der Waals surface area contributed by atoms with Crippen LogP contribution in [0.3, 0.4) is 0 Å². The number of nitrogens with one attached hydrogen (secondary N) is 2. The number of hydrogen-bond acceptors (Lipinski definition) is 7. The van der Waals surface area contributed by atoms with Gasteiger partial charge in [-0.15, -0.1) is 0 Å². The van der Waals surface area contributed by atoms with Crippen LogP contribution in [0.4, 0.5) is 11.1 Å². The number of anilines is 2. The number of carbonyl (C=O) groups is 2. The van der Waals surface area contributed by atoms with E-state index in [4.69, 9.17) is 0 Å². The maximum absolute atomic E-state index is 12.3. The summed E-state index contributed by atoms with van der Waals surface area (Å²) in [6.45, 7) is 9.88. The quantitative estimate of drug-likeness (QED) is 0.623. The molecule has 0 aromatic carbocycles. The molecule has 1 aliphatic heterocycles. The third-order valence-corrected chi connectivity index (χ3v) is 5.76. The lowest BCUT2D eigenvalue weighted by molar-refractivity contribution is -0.132. The Labute approximate surface area is 181 Å². The molecule has 1 aliphatic rings. The standard InChI is InChI=1S/C21H30N6O2S/c1-13(2)10-19(29)27-9-7-16-17(12-27)30-21(25-16)26-18(28)6-5-8-22-20-23-14(3)11-15(4)24-20/h11,13H,5-10,12H2,1-4H3,(H,22,23,24)(H,25,26,28). The Morgan fingerprint density at radius 1 is 1.20 bits per heavy atom. The third kappa shape index (κ3) is 6.22. The van der Waals surface area contributed by atoms with Gasteiger partial charge in [-0.05, 0) is 32.3 Å². The highest BCUT2D eigenvalue weighted by Gasteiger charge is 2.24. The van der Waals surface area contributed by atoms with Crippen LogP contribution < -0.4 is 10.6 Å². The maximum Gasteiger partial charge on any atom is 0.226 e. The lowest BCUT2D eigenvalue weighted by Crippen LogP contribution is -2.36. The van der Waals surface area contributed by atoms with Gasteiger partial charge in [-0.2, -0.15) is 0 Å². The van der Waals surface area contributed by atoms with Gasteiger partial charge in [0.15, 0.2) is 5.13 Å². The van der Waals surface area contributed by atoms with Gasteiger partial charge in [0, 0.05) is 48.6 Å². The van der Waals surface area contributed by atoms with Crippen LogP contribution in [0, 0.1) is 19.8 Å². The predicted octanol–water partition coefficient (Wildman–Crippen LogP) is 3.31. The molecular weight excluding hydrogens is 400 g/mol. The monoisotopic (exact) mass is 430 g/mol. The van der Waals surface area contributed by atoms with E-state index in [9.17, 15) is 9.59 Å². The van der Waals surface area contributed by atoms with Crippen molar-refractivity contribution in [1.29, 1.82) is 0 Å². The first-order chi connectivity index (χ1) is 14.3. The van der Waals surface area contributed by atoms with Crippen LogP contribution in [0.15, 0.2) is 6.07 Å². The van der Waals surface area contributed by atoms with Gasteiger partial charge in [-0.1, -0.05) is 25.2 Å². The molecule has 0 radical (unpaired) electrons. The van der Waals surface area contributed by atoms with Gasteiger partial charge in [-0.3, -0.25) is 9.59 Å². The van der Waals surface area contributed by atoms with Crippen molar-refractivity contribution in [1.82, 2.24) is 19.9 Å². The number of carbonyl (C=O) groups excluding carboxylic acids is 2. The predicted molar refractivity (Wildman–Crippen MR) is 119 cm³/mol. The molecular formula is C21H30N6O2S. The summed E-state index contributed by atoms with van der Waals surface area (Å²) in [5.74, 6) is 1.08. The van der Waals surface area contributed by atoms with Crippen molar-refractivity contribution >= 4 is 34.2 Å². The third-order valence-electron chi connectivity index (χ3n) is 4.76. The molecule has 2 amide bonds. The molecule has 9 heteroatoms. The van der Waals surface area contributed by atoms with Crippen molar-refractivity contribution in [2.75, 3.05) is 23.7 Å². The zero-order valence-electron chi connectivity index (χ0n) is 18.1. The summed E-state index contributed by atoms with van der Waals surface area (Å²) >= 11 is 1.47. The second kappa shape index (κ2) is 9.97. The molecule has 2 N–H and O–H groups in total. The molecule has 0 unspecified atom stereocenters. The summed E-state index contributed by atoms with van der Waals surface area (Å²) in [5.41, 5.74) is 2.83. The summed E-state index contributed by atoms with van der Waals surface area (Å²) in [6, 6.07) is 1.92. The zero-order chi connectivity index (χ0) is 21.7. The number of amides is 2. The van der Waals surface area contributed by atoms with E-state index >= 15 is 0 Å². The van der Waals surface area contributed by atoms with Crippen LogP contribution in [-0.2, 0) is 22.6 Å². The summed E-state index contributed by atoms with van der Waals surface area (Å²) in [7, 11) is 0. The number of aromatic nitrogens is 3. The number of nitrogens with zero attached hydrogens (tertiary/aromatic N) is 4. The minimum absolute atomic E-state index is 0.0584. The molecule has 0 bridgehead atoms. The molecule has 3 rings (SSSR count). The Bertz CT molecular complexity index is 891. The second-order valence-electron chi connectivity index (χ2n) is 8.10. The van der Waals surface area contributed by atoms with Gasteiger partial charge < -0.3 is 15.5 Å². The minimum atomic E-state index is -0.0584. The highest BCUT2D eigenvalue weighted by molar-refractivity contribution is 7.15. The average molecular weight is 431 g/mol. The van der Waals surface area contributed by atoms with Gasteiger partial charge >= 0.3 is 0 Å². The van der Waals surface area contributed by atoms with E-state index in [1.54, 1.807) is 0 Å². The van der Waals surface area contributed by atoms with Crippen LogP contribution in [0.2, 0.25) is 0 Å². The highest BCUT2D eigenvalue weighted by atomic mass is 32.1. The topological polar surface area (TPSA) is 100 Å². The first-order valence-corrected chi connectivity index (χ1v) is 11.2. The molecule has 0 saturated heterocycles. The van der Waals surface area contributed by atoms with Gasteiger partial charge in [0.05, 0.1) is 12.2 Å². The normalized spacial score (nSPS) is 13.3. The molecule has 0 aliphatic carbocycles. The maximum atomic E-state index is 12.3. The molecule has 30 heavy (non-hydrogen) atoms. The summed E-state index contributed by atoms with van der Waals surface area (Å²) in [4.78, 5) is 40.8. The Morgan fingerprint density at radius 2 is 1.93 bits per heavy atom. The highest BCUT2D eigenvalue weighted by Crippen LogP contribution is 2.29. The summed E-state index contributed by atoms with van der Waals surface area (Å²) in [5, 5.41) is 6.68. The smallest absolute Gasteiger partial charge is 0.226 e. The van der Waals surface area contributed by atoms with Crippen LogP contribution in [0.1, 0.15) is 55.1 Å². The molecule has 162 valence electrons. The van der Waals surface area contributed by atoms with Crippen molar-refractivity contribution in [3.63, 3.8) is 0 Å². The Morgan fingerprint density at radius 3 is 2.63 bits per heavy atom. The summed E-state index contributed by atoms with van der Waals surface area (Å²) in [6.07, 6.45) is 2.37. The largest absolute Gasteiger partial charge is 0.354 e. The van der Waals surface area contributed by atoms with Crippen LogP contribution in [-0.4, -0.2) is 44.8 Å². The lowest BCUT2D eigenvalue weighted by Gasteiger charge is -2.26. The molecule has 0 saturated carbocycles. The van der Waals surface area contributed by atoms with Crippen molar-refractivity contribution < 1.29 is 9.59 Å². The minimum Gasteiger partial charge on any atom is -0.354 e. The van der Waals surface area contributed by atoms with Gasteiger partial charge in [-0.25, -0.2) is 15.0 Å². The molecule has 8 nitrogen and oxygen atoms in total. The number of thiazole rings is 1. The van der Waals surface area contributed by atoms with Crippen molar-refractivity contribution in [3.8, 4) is 0 Å². The summed E-state index contributed by atoms with van der Waals surface area (Å²) < 4.78 is 0. The van der Waals surface area contributed by atoms with Crippen molar-refractivity contribution in [3.05, 3.63) is 28.0 Å². The Kier molecular flexibility index (Phi) is 7.36. The van der Waals surface area contributed by atoms with E-state index in [1.807, 2.05) is 24.8 Å². The SMILES string of the molecule is Cc1cc(C)nc(NCCCC(=O)Nc2nc3c(s2)CN(C(=O)CC(C)C)CC3)n1. The van der Waals surface area contributed by atoms with E-state index in [0.717, 1.165) is 28.4 Å². The second-order valence-corrected chi connectivity index (χ2v) is 9.19. The fraction of sp³-hybridized carbons (Fsp3) is 0.571. The molecule has 0 spiro atoms. The Hall–Kier alpha value is -2.55. The molecule has 0 atom stereocenters. The van der Waals surface area contributed by atoms with E-state index in [0.29, 0.717) is 55.9 Å². The molecule has 0 fully saturated rings. The van der Waals surface area contributed by atoms with E-state index in [1.165, 1.54) is 11.3 Å². The number of fused-ring (bicyclic) bond motifs is 1. The average Bonchev–Trinajstić information content (AvgIpc) is 3.05. The zero-order valence-corrected chi connectivity index (χ0v) is 18.9. The lowest BCUT2D eigenvalue weighted by atomic mass is 10.1. The van der Waals surface area contributed by atoms with Gasteiger partial charge in [0.2, 0.25) is 17.8 Å². The van der Waals surface area contributed by atoms with E-state index in [-0.39, 0.29) is 11.8 Å². The Balaban J connectivity index is 1.44. The van der Waals surface area contributed by atoms with Gasteiger partial charge in [0.25, 0.3) is 0 Å². The first kappa shape index (κ1) is 22.1. The molecule has 2 aromatic heterocycles. The van der Waals surface area contributed by atoms with Crippen molar-refractivity contribution in [2.45, 2.75) is 59.9 Å².